The van der Waals surface area contributed by atoms with Crippen molar-refractivity contribution >= 4 is 5.90 Å². The summed E-state index contributed by atoms with van der Waals surface area (Å²) in [5.74, 6) is 1.20. The normalized spacial score (nSPS) is 17.8. The first-order valence-electron chi connectivity index (χ1n) is 5.40. The minimum atomic E-state index is 0.549. The lowest BCUT2D eigenvalue weighted by Gasteiger charge is -2.19. The van der Waals surface area contributed by atoms with Gasteiger partial charge in [-0.1, -0.05) is 0 Å². The molecule has 0 aromatic rings. The molecule has 1 fully saturated rings. The summed E-state index contributed by atoms with van der Waals surface area (Å²) < 4.78 is 8.09. The van der Waals surface area contributed by atoms with E-state index in [4.69, 9.17) is 4.74 Å². The molecule has 0 N–H and O–H groups in total. The Kier molecular flexibility index (Phi) is 3.76. The molecule has 0 bridgehead atoms. The Hall–Kier alpha value is -0.530. The van der Waals surface area contributed by atoms with Gasteiger partial charge in [-0.15, -0.1) is 0 Å². The van der Waals surface area contributed by atoms with Crippen LogP contribution in [0.3, 0.4) is 0 Å². The SMILES string of the molecule is CC(C)[N+](=C1CCCCO1)C(C)C. The van der Waals surface area contributed by atoms with Gasteiger partial charge in [0.1, 0.15) is 0 Å². The molecule has 0 aromatic carbocycles. The lowest BCUT2D eigenvalue weighted by atomic mass is 10.2. The van der Waals surface area contributed by atoms with E-state index in [1.54, 1.807) is 0 Å². The molecule has 13 heavy (non-hydrogen) atoms. The summed E-state index contributed by atoms with van der Waals surface area (Å²) in [6.07, 6.45) is 3.62. The summed E-state index contributed by atoms with van der Waals surface area (Å²) in [5.41, 5.74) is 0. The average molecular weight is 184 g/mol. The van der Waals surface area contributed by atoms with Crippen LogP contribution < -0.4 is 0 Å². The molecule has 0 aromatic heterocycles. The highest BCUT2D eigenvalue weighted by molar-refractivity contribution is 5.71. The largest absolute Gasteiger partial charge is 0.448 e. The van der Waals surface area contributed by atoms with Gasteiger partial charge in [0, 0.05) is 0 Å². The summed E-state index contributed by atoms with van der Waals surface area (Å²) in [5, 5.41) is 0. The van der Waals surface area contributed by atoms with Crippen LogP contribution >= 0.6 is 0 Å². The maximum atomic E-state index is 5.71. The first-order chi connectivity index (χ1) is 6.13. The van der Waals surface area contributed by atoms with Crippen LogP contribution in [-0.4, -0.2) is 29.2 Å². The van der Waals surface area contributed by atoms with Gasteiger partial charge in [0.15, 0.2) is 12.1 Å². The van der Waals surface area contributed by atoms with E-state index < -0.39 is 0 Å². The Morgan fingerprint density at radius 3 is 2.08 bits per heavy atom. The van der Waals surface area contributed by atoms with Crippen molar-refractivity contribution in [3.05, 3.63) is 0 Å². The highest BCUT2D eigenvalue weighted by atomic mass is 16.5. The molecule has 2 heteroatoms. The fourth-order valence-corrected chi connectivity index (χ4v) is 2.02. The third-order valence-electron chi connectivity index (χ3n) is 2.45. The molecule has 0 atom stereocenters. The van der Waals surface area contributed by atoms with Crippen LogP contribution in [0.2, 0.25) is 0 Å². The fourth-order valence-electron chi connectivity index (χ4n) is 2.02. The number of ether oxygens (including phenoxy) is 1. The minimum Gasteiger partial charge on any atom is -0.448 e. The van der Waals surface area contributed by atoms with Crippen molar-refractivity contribution in [1.82, 2.24) is 0 Å². The van der Waals surface area contributed by atoms with E-state index in [0.29, 0.717) is 12.1 Å². The van der Waals surface area contributed by atoms with Gasteiger partial charge in [-0.25, -0.2) is 0 Å². The zero-order valence-electron chi connectivity index (χ0n) is 9.34. The summed E-state index contributed by atoms with van der Waals surface area (Å²) in [6, 6.07) is 1.10. The zero-order chi connectivity index (χ0) is 9.84. The predicted octanol–water partition coefficient (Wildman–Crippen LogP) is 2.41. The lowest BCUT2D eigenvalue weighted by molar-refractivity contribution is -0.596. The molecular weight excluding hydrogens is 162 g/mol. The molecule has 0 radical (unpaired) electrons. The molecule has 0 spiro atoms. The van der Waals surface area contributed by atoms with Crippen LogP contribution in [0, 0.1) is 0 Å². The van der Waals surface area contributed by atoms with Crippen molar-refractivity contribution in [2.24, 2.45) is 0 Å². The van der Waals surface area contributed by atoms with Gasteiger partial charge in [-0.2, -0.15) is 4.58 Å². The van der Waals surface area contributed by atoms with E-state index in [1.807, 2.05) is 0 Å². The highest BCUT2D eigenvalue weighted by Gasteiger charge is 2.24. The van der Waals surface area contributed by atoms with Crippen molar-refractivity contribution in [3.8, 4) is 0 Å². The molecule has 1 saturated heterocycles. The average Bonchev–Trinajstić information content (AvgIpc) is 2.04. The van der Waals surface area contributed by atoms with E-state index >= 15 is 0 Å². The Balaban J connectivity index is 2.80. The Morgan fingerprint density at radius 2 is 1.69 bits per heavy atom. The summed E-state index contributed by atoms with van der Waals surface area (Å²) >= 11 is 0. The van der Waals surface area contributed by atoms with E-state index in [1.165, 1.54) is 18.7 Å². The van der Waals surface area contributed by atoms with Gasteiger partial charge in [-0.3, -0.25) is 0 Å². The second-order valence-electron chi connectivity index (χ2n) is 4.29. The Bertz CT molecular complexity index is 176. The topological polar surface area (TPSA) is 12.2 Å². The molecule has 0 saturated carbocycles. The van der Waals surface area contributed by atoms with Gasteiger partial charge in [0.25, 0.3) is 0 Å². The maximum absolute atomic E-state index is 5.71. The van der Waals surface area contributed by atoms with Crippen molar-refractivity contribution in [1.29, 1.82) is 0 Å². The summed E-state index contributed by atoms with van der Waals surface area (Å²) in [6.45, 7) is 9.82. The standard InChI is InChI=1S/C11H22NO/c1-9(2)12(10(3)4)11-7-5-6-8-13-11/h9-10H,5-8H2,1-4H3/q+1. The first-order valence-corrected chi connectivity index (χ1v) is 5.40. The third kappa shape index (κ3) is 2.71. The van der Waals surface area contributed by atoms with Gasteiger partial charge in [0.05, 0.1) is 13.0 Å². The number of nitrogens with zero attached hydrogens (tertiary/aromatic N) is 1. The fraction of sp³-hybridized carbons (Fsp3) is 0.909. The predicted molar refractivity (Wildman–Crippen MR) is 55.3 cm³/mol. The molecule has 2 nitrogen and oxygen atoms in total. The molecule has 1 aliphatic rings. The molecule has 1 rings (SSSR count). The van der Waals surface area contributed by atoms with Crippen LogP contribution in [0.4, 0.5) is 0 Å². The van der Waals surface area contributed by atoms with E-state index in [0.717, 1.165) is 13.0 Å². The monoisotopic (exact) mass is 184 g/mol. The quantitative estimate of drug-likeness (QED) is 0.600. The minimum absolute atomic E-state index is 0.549. The van der Waals surface area contributed by atoms with Crippen LogP contribution in [0.1, 0.15) is 47.0 Å². The van der Waals surface area contributed by atoms with Crippen molar-refractivity contribution < 1.29 is 9.31 Å². The van der Waals surface area contributed by atoms with Crippen LogP contribution in [0.25, 0.3) is 0 Å². The van der Waals surface area contributed by atoms with Crippen LogP contribution in [0.15, 0.2) is 0 Å². The zero-order valence-corrected chi connectivity index (χ0v) is 9.34. The Morgan fingerprint density at radius 1 is 1.08 bits per heavy atom. The smallest absolute Gasteiger partial charge is 0.336 e. The summed E-state index contributed by atoms with van der Waals surface area (Å²) in [7, 11) is 0. The van der Waals surface area contributed by atoms with E-state index in [-0.39, 0.29) is 0 Å². The second kappa shape index (κ2) is 4.64. The molecule has 0 amide bonds. The Labute approximate surface area is 81.6 Å². The van der Waals surface area contributed by atoms with Gasteiger partial charge in [0.2, 0.25) is 0 Å². The first kappa shape index (κ1) is 10.6. The van der Waals surface area contributed by atoms with Crippen LogP contribution in [-0.2, 0) is 4.74 Å². The number of rotatable bonds is 2. The maximum Gasteiger partial charge on any atom is 0.336 e. The molecule has 1 aliphatic heterocycles. The number of hydrogen-bond acceptors (Lipinski definition) is 1. The lowest BCUT2D eigenvalue weighted by Crippen LogP contribution is -2.36. The molecule has 0 unspecified atom stereocenters. The molecule has 1 heterocycles. The van der Waals surface area contributed by atoms with Crippen molar-refractivity contribution in [3.63, 3.8) is 0 Å². The van der Waals surface area contributed by atoms with Crippen LogP contribution in [0.5, 0.6) is 0 Å². The van der Waals surface area contributed by atoms with Gasteiger partial charge >= 0.3 is 5.90 Å². The molecular formula is C11H22NO+. The molecule has 76 valence electrons. The summed E-state index contributed by atoms with van der Waals surface area (Å²) in [4.78, 5) is 0. The van der Waals surface area contributed by atoms with Crippen molar-refractivity contribution in [2.75, 3.05) is 6.61 Å². The van der Waals surface area contributed by atoms with Crippen molar-refractivity contribution in [2.45, 2.75) is 59.0 Å². The second-order valence-corrected chi connectivity index (χ2v) is 4.29. The van der Waals surface area contributed by atoms with E-state index in [9.17, 15) is 0 Å². The number of hydrogen-bond donors (Lipinski definition) is 0. The van der Waals surface area contributed by atoms with E-state index in [2.05, 4.69) is 32.3 Å². The van der Waals surface area contributed by atoms with Gasteiger partial charge in [-0.05, 0) is 40.5 Å². The third-order valence-corrected chi connectivity index (χ3v) is 2.45. The molecule has 0 aliphatic carbocycles. The van der Waals surface area contributed by atoms with Gasteiger partial charge < -0.3 is 4.74 Å². The highest BCUT2D eigenvalue weighted by Crippen LogP contribution is 2.10.